The summed E-state index contributed by atoms with van der Waals surface area (Å²) in [6, 6.07) is 13.4. The van der Waals surface area contributed by atoms with E-state index in [1.807, 2.05) is 35.8 Å². The third-order valence-corrected chi connectivity index (χ3v) is 8.95. The number of ether oxygens (including phenoxy) is 1. The van der Waals surface area contributed by atoms with Gasteiger partial charge in [-0.15, -0.1) is 13.2 Å². The van der Waals surface area contributed by atoms with Gasteiger partial charge < -0.3 is 14.4 Å². The summed E-state index contributed by atoms with van der Waals surface area (Å²) in [4.78, 5) is 1.83. The second-order valence-electron chi connectivity index (χ2n) is 9.76. The summed E-state index contributed by atoms with van der Waals surface area (Å²) in [6.45, 7) is 3.38. The van der Waals surface area contributed by atoms with Gasteiger partial charge in [0, 0.05) is 44.9 Å². The highest BCUT2D eigenvalue weighted by Gasteiger charge is 2.40. The Morgan fingerprint density at radius 3 is 2.08 bits per heavy atom. The van der Waals surface area contributed by atoms with E-state index in [9.17, 15) is 26.7 Å². The molecule has 2 N–H and O–H groups in total. The summed E-state index contributed by atoms with van der Waals surface area (Å²) >= 11 is 12.6. The Labute approximate surface area is 239 Å². The minimum Gasteiger partial charge on any atom is -0.406 e. The smallest absolute Gasteiger partial charge is 0.406 e. The number of benzene rings is 3. The number of aliphatic hydroxyl groups is 1. The molecule has 3 aromatic carbocycles. The first-order chi connectivity index (χ1) is 18.9. The number of halogens is 5. The minimum atomic E-state index is -4.90. The van der Waals surface area contributed by atoms with E-state index in [4.69, 9.17) is 23.2 Å². The molecule has 0 saturated carbocycles. The van der Waals surface area contributed by atoms with Gasteiger partial charge in [-0.25, -0.2) is 13.1 Å². The van der Waals surface area contributed by atoms with Gasteiger partial charge in [-0.3, -0.25) is 4.90 Å². The van der Waals surface area contributed by atoms with Crippen molar-refractivity contribution in [2.24, 2.45) is 0 Å². The van der Waals surface area contributed by atoms with E-state index in [-0.39, 0.29) is 11.4 Å². The van der Waals surface area contributed by atoms with Crippen molar-refractivity contribution in [2.75, 3.05) is 19.6 Å². The average Bonchev–Trinajstić information content (AvgIpc) is 3.18. The number of hydrogen-bond donors (Lipinski definition) is 2. The fourth-order valence-corrected chi connectivity index (χ4v) is 6.97. The molecule has 0 bridgehead atoms. The molecule has 214 valence electrons. The van der Waals surface area contributed by atoms with Crippen LogP contribution in [0.4, 0.5) is 13.2 Å². The van der Waals surface area contributed by atoms with E-state index >= 15 is 0 Å². The number of rotatable bonds is 7. The Hall–Kier alpha value is -2.54. The molecule has 0 spiro atoms. The first kappa shape index (κ1) is 29.0. The topological polar surface area (TPSA) is 83.8 Å². The molecular formula is C27H26Cl2F3N3O4S. The average molecular weight is 616 g/mol. The highest BCUT2D eigenvalue weighted by Crippen LogP contribution is 2.38. The summed E-state index contributed by atoms with van der Waals surface area (Å²) in [7, 11) is -4.20. The van der Waals surface area contributed by atoms with E-state index in [0.29, 0.717) is 23.1 Å². The normalized spacial score (nSPS) is 20.8. The molecule has 2 heterocycles. The third-order valence-electron chi connectivity index (χ3n) is 6.98. The van der Waals surface area contributed by atoms with Gasteiger partial charge in [0.05, 0.1) is 23.1 Å². The molecule has 7 nitrogen and oxygen atoms in total. The number of piperidine rings is 1. The fourth-order valence-electron chi connectivity index (χ4n) is 5.38. The zero-order valence-corrected chi connectivity index (χ0v) is 23.5. The standard InChI is InChI=1S/C27H26Cl2F3N3O4S/c1-2-11-34-14-22(33-40(37,38)19-7-5-18(6-8-19)39-27(30,31)32)26(36)25(15-34)35-23-9-3-16(28)12-20(23)21-13-17(29)4-10-24(21)35/h3-10,12-13,22,25-26,33,36H,2,11,14-15H2,1H3/t22-,25+,26+/m1/s1. The SMILES string of the molecule is CCCN1C[C@@H](NS(=O)(=O)c2ccc(OC(F)(F)F)cc2)[C@H](O)[C@@H](n2c3ccc(Cl)cc3c3cc(Cl)ccc32)C1. The molecule has 0 amide bonds. The van der Waals surface area contributed by atoms with Crippen molar-refractivity contribution in [3.8, 4) is 5.75 Å². The second kappa shape index (κ2) is 11.0. The summed E-state index contributed by atoms with van der Waals surface area (Å²) < 4.78 is 72.5. The summed E-state index contributed by atoms with van der Waals surface area (Å²) in [6.07, 6.45) is -5.23. The molecule has 0 unspecified atom stereocenters. The Morgan fingerprint density at radius 1 is 0.975 bits per heavy atom. The summed E-state index contributed by atoms with van der Waals surface area (Å²) in [5.41, 5.74) is 1.62. The lowest BCUT2D eigenvalue weighted by Crippen LogP contribution is -2.59. The second-order valence-corrected chi connectivity index (χ2v) is 12.3. The number of sulfonamides is 1. The maximum absolute atomic E-state index is 13.3. The van der Waals surface area contributed by atoms with Gasteiger partial charge in [-0.1, -0.05) is 30.1 Å². The van der Waals surface area contributed by atoms with Crippen LogP contribution in [-0.2, 0) is 10.0 Å². The van der Waals surface area contributed by atoms with E-state index in [0.717, 1.165) is 52.5 Å². The van der Waals surface area contributed by atoms with Crippen molar-refractivity contribution in [3.63, 3.8) is 0 Å². The number of likely N-dealkylation sites (tertiary alicyclic amines) is 1. The van der Waals surface area contributed by atoms with Crippen LogP contribution in [0.5, 0.6) is 5.75 Å². The monoisotopic (exact) mass is 615 g/mol. The van der Waals surface area contributed by atoms with Crippen LogP contribution in [-0.4, -0.2) is 61.1 Å². The maximum atomic E-state index is 13.3. The minimum absolute atomic E-state index is 0.245. The van der Waals surface area contributed by atoms with Gasteiger partial charge in [-0.05, 0) is 73.6 Å². The lowest BCUT2D eigenvalue weighted by molar-refractivity contribution is -0.274. The van der Waals surface area contributed by atoms with Gasteiger partial charge in [0.15, 0.2) is 0 Å². The first-order valence-corrected chi connectivity index (χ1v) is 14.8. The van der Waals surface area contributed by atoms with E-state index in [1.165, 1.54) is 0 Å². The van der Waals surface area contributed by atoms with Gasteiger partial charge in [0.2, 0.25) is 10.0 Å². The Kier molecular flexibility index (Phi) is 7.99. The van der Waals surface area contributed by atoms with Crippen LogP contribution in [0.2, 0.25) is 10.0 Å². The summed E-state index contributed by atoms with van der Waals surface area (Å²) in [5, 5.41) is 14.4. The molecule has 0 aliphatic carbocycles. The van der Waals surface area contributed by atoms with Crippen LogP contribution in [0.15, 0.2) is 65.6 Å². The van der Waals surface area contributed by atoms with Crippen LogP contribution >= 0.6 is 23.2 Å². The number of fused-ring (bicyclic) bond motifs is 3. The van der Waals surface area contributed by atoms with E-state index in [1.54, 1.807) is 12.1 Å². The van der Waals surface area contributed by atoms with Gasteiger partial charge in [0.1, 0.15) is 5.75 Å². The van der Waals surface area contributed by atoms with Crippen LogP contribution in [0.3, 0.4) is 0 Å². The lowest BCUT2D eigenvalue weighted by Gasteiger charge is -2.42. The lowest BCUT2D eigenvalue weighted by atomic mass is 9.97. The van der Waals surface area contributed by atoms with Crippen molar-refractivity contribution in [3.05, 3.63) is 70.7 Å². The maximum Gasteiger partial charge on any atom is 0.573 e. The molecule has 40 heavy (non-hydrogen) atoms. The van der Waals surface area contributed by atoms with Crippen molar-refractivity contribution in [1.82, 2.24) is 14.2 Å². The molecule has 1 saturated heterocycles. The van der Waals surface area contributed by atoms with Crippen LogP contribution < -0.4 is 9.46 Å². The van der Waals surface area contributed by atoms with Crippen LogP contribution in [0, 0.1) is 0 Å². The van der Waals surface area contributed by atoms with Gasteiger partial charge >= 0.3 is 6.36 Å². The predicted molar refractivity (Wildman–Crippen MR) is 148 cm³/mol. The third kappa shape index (κ3) is 5.90. The quantitative estimate of drug-likeness (QED) is 0.267. The fraction of sp³-hybridized carbons (Fsp3) is 0.333. The number of nitrogens with one attached hydrogen (secondary N) is 1. The number of hydrogen-bond acceptors (Lipinski definition) is 5. The van der Waals surface area contributed by atoms with Gasteiger partial charge in [0.25, 0.3) is 0 Å². The number of alkyl halides is 3. The van der Waals surface area contributed by atoms with E-state index in [2.05, 4.69) is 14.4 Å². The number of aromatic nitrogens is 1. The molecule has 4 aromatic rings. The van der Waals surface area contributed by atoms with Gasteiger partial charge in [-0.2, -0.15) is 0 Å². The van der Waals surface area contributed by atoms with Crippen molar-refractivity contribution >= 4 is 55.0 Å². The molecule has 5 rings (SSSR count). The molecule has 1 fully saturated rings. The first-order valence-electron chi connectivity index (χ1n) is 12.5. The predicted octanol–water partition coefficient (Wildman–Crippen LogP) is 5.97. The molecule has 1 aliphatic heterocycles. The highest BCUT2D eigenvalue weighted by molar-refractivity contribution is 7.89. The highest BCUT2D eigenvalue weighted by atomic mass is 35.5. The zero-order valence-electron chi connectivity index (χ0n) is 21.2. The molecule has 13 heteroatoms. The molecule has 3 atom stereocenters. The van der Waals surface area contributed by atoms with Crippen molar-refractivity contribution in [2.45, 2.75) is 42.8 Å². The molecular weight excluding hydrogens is 590 g/mol. The summed E-state index contributed by atoms with van der Waals surface area (Å²) in [5.74, 6) is -0.537. The Bertz CT molecular complexity index is 1590. The Balaban J connectivity index is 1.51. The largest absolute Gasteiger partial charge is 0.573 e. The molecule has 1 aromatic heterocycles. The molecule has 0 radical (unpaired) electrons. The van der Waals surface area contributed by atoms with Crippen molar-refractivity contribution in [1.29, 1.82) is 0 Å². The van der Waals surface area contributed by atoms with Crippen LogP contribution in [0.1, 0.15) is 19.4 Å². The number of nitrogens with zero attached hydrogens (tertiary/aromatic N) is 2. The van der Waals surface area contributed by atoms with Crippen LogP contribution in [0.25, 0.3) is 21.8 Å². The van der Waals surface area contributed by atoms with E-state index < -0.39 is 40.3 Å². The molecule has 1 aliphatic rings. The zero-order chi connectivity index (χ0) is 28.8. The Morgan fingerprint density at radius 2 is 1.55 bits per heavy atom. The van der Waals surface area contributed by atoms with Crippen molar-refractivity contribution < 1.29 is 31.4 Å². The number of aliphatic hydroxyl groups excluding tert-OH is 1.